The van der Waals surface area contributed by atoms with Crippen LogP contribution in [0.4, 0.5) is 5.00 Å². The molecule has 0 aliphatic heterocycles. The molecule has 92 valence electrons. The molecule has 4 rings (SSSR count). The van der Waals surface area contributed by atoms with Gasteiger partial charge in [-0.3, -0.25) is 0 Å². The quantitative estimate of drug-likeness (QED) is 0.535. The van der Waals surface area contributed by atoms with Crippen LogP contribution in [0.3, 0.4) is 0 Å². The third-order valence-corrected chi connectivity index (χ3v) is 4.55. The Balaban J connectivity index is 1.86. The van der Waals surface area contributed by atoms with Crippen LogP contribution in [-0.2, 0) is 6.42 Å². The SMILES string of the molecule is Nc1sccc1-c1ccc2c(c1)Cc1ccccc1-2. The van der Waals surface area contributed by atoms with E-state index in [2.05, 4.69) is 48.5 Å². The summed E-state index contributed by atoms with van der Waals surface area (Å²) in [5.74, 6) is 0. The molecular formula is C17H13NS. The molecule has 0 fully saturated rings. The van der Waals surface area contributed by atoms with Crippen molar-refractivity contribution in [1.29, 1.82) is 0 Å². The lowest BCUT2D eigenvalue weighted by Crippen LogP contribution is -1.86. The molecule has 0 saturated carbocycles. The Morgan fingerprint density at radius 2 is 1.68 bits per heavy atom. The summed E-state index contributed by atoms with van der Waals surface area (Å²) in [5.41, 5.74) is 14.0. The summed E-state index contributed by atoms with van der Waals surface area (Å²) < 4.78 is 0. The molecule has 1 aliphatic carbocycles. The Kier molecular flexibility index (Phi) is 2.26. The highest BCUT2D eigenvalue weighted by Gasteiger charge is 2.18. The smallest absolute Gasteiger partial charge is 0.0936 e. The maximum Gasteiger partial charge on any atom is 0.0936 e. The van der Waals surface area contributed by atoms with Gasteiger partial charge in [-0.05, 0) is 45.7 Å². The van der Waals surface area contributed by atoms with Gasteiger partial charge in [-0.2, -0.15) is 0 Å². The van der Waals surface area contributed by atoms with E-state index < -0.39 is 0 Å². The predicted octanol–water partition coefficient (Wildman–Crippen LogP) is 4.57. The Morgan fingerprint density at radius 3 is 2.53 bits per heavy atom. The van der Waals surface area contributed by atoms with Crippen LogP contribution in [0.15, 0.2) is 53.9 Å². The molecule has 0 unspecified atom stereocenters. The first kappa shape index (κ1) is 10.8. The van der Waals surface area contributed by atoms with E-state index in [1.807, 2.05) is 5.38 Å². The van der Waals surface area contributed by atoms with E-state index in [1.54, 1.807) is 11.3 Å². The molecule has 2 aromatic carbocycles. The van der Waals surface area contributed by atoms with Crippen LogP contribution in [0.2, 0.25) is 0 Å². The van der Waals surface area contributed by atoms with Gasteiger partial charge in [0.1, 0.15) is 0 Å². The maximum atomic E-state index is 6.02. The lowest BCUT2D eigenvalue weighted by atomic mass is 10.0. The summed E-state index contributed by atoms with van der Waals surface area (Å²) in [5, 5.41) is 2.95. The molecule has 1 nitrogen and oxygen atoms in total. The Labute approximate surface area is 116 Å². The first-order valence-electron chi connectivity index (χ1n) is 6.37. The average Bonchev–Trinajstić information content (AvgIpc) is 3.01. The maximum absolute atomic E-state index is 6.02. The van der Waals surface area contributed by atoms with Crippen molar-refractivity contribution in [3.63, 3.8) is 0 Å². The third kappa shape index (κ3) is 1.60. The van der Waals surface area contributed by atoms with Crippen LogP contribution in [-0.4, -0.2) is 0 Å². The number of nitrogens with two attached hydrogens (primary N) is 1. The molecule has 0 amide bonds. The molecule has 2 heteroatoms. The van der Waals surface area contributed by atoms with E-state index in [4.69, 9.17) is 5.73 Å². The number of hydrogen-bond acceptors (Lipinski definition) is 2. The second kappa shape index (κ2) is 3.97. The van der Waals surface area contributed by atoms with E-state index in [9.17, 15) is 0 Å². The van der Waals surface area contributed by atoms with E-state index in [0.29, 0.717) is 0 Å². The van der Waals surface area contributed by atoms with Crippen molar-refractivity contribution in [2.75, 3.05) is 5.73 Å². The van der Waals surface area contributed by atoms with E-state index in [0.717, 1.165) is 17.0 Å². The number of hydrogen-bond donors (Lipinski definition) is 1. The molecule has 3 aromatic rings. The van der Waals surface area contributed by atoms with Crippen LogP contribution in [0.1, 0.15) is 11.1 Å². The summed E-state index contributed by atoms with van der Waals surface area (Å²) in [6.45, 7) is 0. The Bertz CT molecular complexity index is 770. The second-order valence-corrected chi connectivity index (χ2v) is 5.85. The molecule has 1 aromatic heterocycles. The molecule has 0 atom stereocenters. The largest absolute Gasteiger partial charge is 0.390 e. The summed E-state index contributed by atoms with van der Waals surface area (Å²) in [6.07, 6.45) is 1.03. The summed E-state index contributed by atoms with van der Waals surface area (Å²) >= 11 is 1.60. The van der Waals surface area contributed by atoms with Crippen molar-refractivity contribution < 1.29 is 0 Å². The van der Waals surface area contributed by atoms with Gasteiger partial charge in [0.05, 0.1) is 5.00 Å². The van der Waals surface area contributed by atoms with Crippen LogP contribution >= 0.6 is 11.3 Å². The van der Waals surface area contributed by atoms with Crippen molar-refractivity contribution in [2.24, 2.45) is 0 Å². The molecule has 0 saturated heterocycles. The van der Waals surface area contributed by atoms with Crippen molar-refractivity contribution in [3.8, 4) is 22.3 Å². The number of thiophene rings is 1. The van der Waals surface area contributed by atoms with Gasteiger partial charge in [0, 0.05) is 5.56 Å². The Hall–Kier alpha value is -2.06. The normalized spacial score (nSPS) is 12.2. The highest BCUT2D eigenvalue weighted by atomic mass is 32.1. The minimum absolute atomic E-state index is 0.899. The lowest BCUT2D eigenvalue weighted by molar-refractivity contribution is 1.26. The lowest BCUT2D eigenvalue weighted by Gasteiger charge is -2.05. The fourth-order valence-corrected chi connectivity index (χ4v) is 3.54. The zero-order valence-electron chi connectivity index (χ0n) is 10.4. The van der Waals surface area contributed by atoms with Gasteiger partial charge in [0.25, 0.3) is 0 Å². The van der Waals surface area contributed by atoms with Gasteiger partial charge in [0.2, 0.25) is 0 Å². The second-order valence-electron chi connectivity index (χ2n) is 4.90. The van der Waals surface area contributed by atoms with Gasteiger partial charge in [0.15, 0.2) is 0 Å². The van der Waals surface area contributed by atoms with E-state index in [-0.39, 0.29) is 0 Å². The molecule has 2 N–H and O–H groups in total. The highest BCUT2D eigenvalue weighted by molar-refractivity contribution is 7.14. The molecule has 19 heavy (non-hydrogen) atoms. The number of benzene rings is 2. The summed E-state index contributed by atoms with van der Waals surface area (Å²) in [7, 11) is 0. The number of fused-ring (bicyclic) bond motifs is 3. The van der Waals surface area contributed by atoms with Gasteiger partial charge >= 0.3 is 0 Å². The number of nitrogen functional groups attached to an aromatic ring is 1. The van der Waals surface area contributed by atoms with Gasteiger partial charge < -0.3 is 5.73 Å². The van der Waals surface area contributed by atoms with Crippen molar-refractivity contribution >= 4 is 16.3 Å². The minimum Gasteiger partial charge on any atom is -0.390 e. The number of rotatable bonds is 1. The molecule has 0 bridgehead atoms. The molecule has 1 aliphatic rings. The van der Waals surface area contributed by atoms with Crippen LogP contribution in [0.25, 0.3) is 22.3 Å². The minimum atomic E-state index is 0.899. The van der Waals surface area contributed by atoms with Crippen LogP contribution in [0.5, 0.6) is 0 Å². The zero-order valence-corrected chi connectivity index (χ0v) is 11.2. The summed E-state index contributed by atoms with van der Waals surface area (Å²) in [6, 6.07) is 17.4. The number of anilines is 1. The fourth-order valence-electron chi connectivity index (χ4n) is 2.87. The molecule has 0 spiro atoms. The zero-order chi connectivity index (χ0) is 12.8. The first-order valence-corrected chi connectivity index (χ1v) is 7.25. The molecular weight excluding hydrogens is 250 g/mol. The predicted molar refractivity (Wildman–Crippen MR) is 82.4 cm³/mol. The first-order chi connectivity index (χ1) is 9.33. The standard InChI is InChI=1S/C17H13NS/c18-17-16(7-8-19-17)12-5-6-15-13(10-12)9-11-3-1-2-4-14(11)15/h1-8,10H,9,18H2. The van der Waals surface area contributed by atoms with Gasteiger partial charge in [-0.25, -0.2) is 0 Å². The topological polar surface area (TPSA) is 26.0 Å². The average molecular weight is 263 g/mol. The van der Waals surface area contributed by atoms with Crippen LogP contribution in [0, 0.1) is 0 Å². The van der Waals surface area contributed by atoms with Crippen molar-refractivity contribution in [1.82, 2.24) is 0 Å². The van der Waals surface area contributed by atoms with Gasteiger partial charge in [-0.1, -0.05) is 42.5 Å². The van der Waals surface area contributed by atoms with Gasteiger partial charge in [-0.15, -0.1) is 11.3 Å². The molecule has 0 radical (unpaired) electrons. The summed E-state index contributed by atoms with van der Waals surface area (Å²) in [4.78, 5) is 0. The highest BCUT2D eigenvalue weighted by Crippen LogP contribution is 2.39. The Morgan fingerprint density at radius 1 is 0.842 bits per heavy atom. The fraction of sp³-hybridized carbons (Fsp3) is 0.0588. The monoisotopic (exact) mass is 263 g/mol. The van der Waals surface area contributed by atoms with E-state index in [1.165, 1.54) is 27.8 Å². The third-order valence-electron chi connectivity index (χ3n) is 3.80. The van der Waals surface area contributed by atoms with Crippen molar-refractivity contribution in [2.45, 2.75) is 6.42 Å². The van der Waals surface area contributed by atoms with Crippen LogP contribution < -0.4 is 5.73 Å². The molecule has 1 heterocycles. The van der Waals surface area contributed by atoms with Crippen molar-refractivity contribution in [3.05, 3.63) is 65.0 Å². The van der Waals surface area contributed by atoms with E-state index >= 15 is 0 Å².